The van der Waals surface area contributed by atoms with E-state index in [0.717, 1.165) is 5.46 Å². The topological polar surface area (TPSA) is 63.0 Å². The predicted molar refractivity (Wildman–Crippen MR) is 39.1 cm³/mol. The van der Waals surface area contributed by atoms with Crippen molar-refractivity contribution in [3.05, 3.63) is 30.3 Å². The van der Waals surface area contributed by atoms with E-state index in [9.17, 15) is 0 Å². The van der Waals surface area contributed by atoms with E-state index in [0.29, 0.717) is 0 Å². The summed E-state index contributed by atoms with van der Waals surface area (Å²) in [6.07, 6.45) is 0. The van der Waals surface area contributed by atoms with Crippen LogP contribution in [0.4, 0.5) is 0 Å². The molecule has 0 aromatic heterocycles. The maximum atomic E-state index is 5.36. The third-order valence-electron chi connectivity index (χ3n) is 0.800. The molecule has 0 heterocycles. The minimum absolute atomic E-state index is 0. The van der Waals surface area contributed by atoms with Gasteiger partial charge in [0.1, 0.15) is 7.85 Å². The molecule has 0 saturated heterocycles. The van der Waals surface area contributed by atoms with Crippen LogP contribution in [-0.4, -0.2) is 18.8 Å². The van der Waals surface area contributed by atoms with Gasteiger partial charge in [-0.05, 0) is 0 Å². The van der Waals surface area contributed by atoms with E-state index in [1.54, 1.807) is 0 Å². The maximum absolute atomic E-state index is 5.36. The first kappa shape index (κ1) is 16.5. The Morgan fingerprint density at radius 3 is 1.50 bits per heavy atom. The molecule has 10 heavy (non-hydrogen) atoms. The number of hydrogen-bond acceptors (Lipinski definition) is 0. The molecule has 58 valence electrons. The fraction of sp³-hybridized carbons (Fsp3) is 0. The summed E-state index contributed by atoms with van der Waals surface area (Å²) in [4.78, 5) is 0. The van der Waals surface area contributed by atoms with Gasteiger partial charge < -0.3 is 11.0 Å². The summed E-state index contributed by atoms with van der Waals surface area (Å²) < 4.78 is 0. The molecule has 0 aliphatic carbocycles. The molecule has 2 nitrogen and oxygen atoms in total. The van der Waals surface area contributed by atoms with Crippen molar-refractivity contribution < 1.29 is 31.4 Å². The molecule has 1 aromatic carbocycles. The molecule has 4 N–H and O–H groups in total. The van der Waals surface area contributed by atoms with E-state index in [4.69, 9.17) is 7.85 Å². The van der Waals surface area contributed by atoms with Crippen LogP contribution in [0.1, 0.15) is 0 Å². The summed E-state index contributed by atoms with van der Waals surface area (Å²) in [5, 5.41) is 0. The Morgan fingerprint density at radius 2 is 1.30 bits per heavy atom. The van der Waals surface area contributed by atoms with Crippen molar-refractivity contribution in [2.45, 2.75) is 0 Å². The Labute approximate surface area is 75.3 Å². The molecule has 0 amide bonds. The number of rotatable bonds is 0. The quantitative estimate of drug-likeness (QED) is 0.504. The van der Waals surface area contributed by atoms with Gasteiger partial charge in [-0.2, -0.15) is 0 Å². The molecule has 4 heteroatoms. The SMILES string of the molecule is O.O.[B]c1ccccc1.[Pd]. The van der Waals surface area contributed by atoms with Crippen LogP contribution in [0.2, 0.25) is 0 Å². The van der Waals surface area contributed by atoms with Crippen LogP contribution in [0, 0.1) is 0 Å². The number of hydrogen-bond donors (Lipinski definition) is 0. The Bertz CT molecular complexity index is 146. The van der Waals surface area contributed by atoms with Gasteiger partial charge in [-0.15, -0.1) is 0 Å². The summed E-state index contributed by atoms with van der Waals surface area (Å²) in [7, 11) is 5.36. The van der Waals surface area contributed by atoms with Crippen LogP contribution in [0.3, 0.4) is 0 Å². The second-order valence-electron chi connectivity index (χ2n) is 1.41. The van der Waals surface area contributed by atoms with Gasteiger partial charge in [-0.3, -0.25) is 0 Å². The normalized spacial score (nSPS) is 6.00. The van der Waals surface area contributed by atoms with Gasteiger partial charge in [0, 0.05) is 20.4 Å². The standard InChI is InChI=1S/C6H5B.2H2O.Pd/c7-6-4-2-1-3-5-6;;;/h1-5H;2*1H2;. The largest absolute Gasteiger partial charge is 0.412 e. The zero-order valence-electron chi connectivity index (χ0n) is 5.28. The zero-order valence-corrected chi connectivity index (χ0v) is 6.83. The molecule has 0 aliphatic rings. The van der Waals surface area contributed by atoms with Crippen molar-refractivity contribution in [2.75, 3.05) is 0 Å². The first-order chi connectivity index (χ1) is 3.39. The average molecular weight is 230 g/mol. The second kappa shape index (κ2) is 8.87. The summed E-state index contributed by atoms with van der Waals surface area (Å²) in [5.74, 6) is 0. The van der Waals surface area contributed by atoms with Gasteiger partial charge in [-0.25, -0.2) is 0 Å². The maximum Gasteiger partial charge on any atom is 0.113 e. The van der Waals surface area contributed by atoms with E-state index < -0.39 is 0 Å². The molecule has 1 rings (SSSR count). The minimum atomic E-state index is 0. The molecule has 0 atom stereocenters. The van der Waals surface area contributed by atoms with Gasteiger partial charge in [0.2, 0.25) is 0 Å². The Hall–Kier alpha value is -0.133. The van der Waals surface area contributed by atoms with Crippen LogP contribution in [0.15, 0.2) is 30.3 Å². The predicted octanol–water partition coefficient (Wildman–Crippen LogP) is -1.17. The third-order valence-corrected chi connectivity index (χ3v) is 0.800. The molecule has 2 radical (unpaired) electrons. The van der Waals surface area contributed by atoms with Crippen molar-refractivity contribution in [3.63, 3.8) is 0 Å². The van der Waals surface area contributed by atoms with Gasteiger partial charge in [0.25, 0.3) is 0 Å². The monoisotopic (exact) mass is 230 g/mol. The third kappa shape index (κ3) is 5.99. The smallest absolute Gasteiger partial charge is 0.113 e. The van der Waals surface area contributed by atoms with Crippen molar-refractivity contribution in [2.24, 2.45) is 0 Å². The molecular formula is C6H9BO2Pd. The second-order valence-corrected chi connectivity index (χ2v) is 1.41. The van der Waals surface area contributed by atoms with E-state index in [1.165, 1.54) is 0 Å². The zero-order chi connectivity index (χ0) is 5.11. The van der Waals surface area contributed by atoms with Crippen molar-refractivity contribution in [1.29, 1.82) is 0 Å². The first-order valence-corrected chi connectivity index (χ1v) is 2.20. The number of benzene rings is 1. The van der Waals surface area contributed by atoms with Crippen LogP contribution in [0.25, 0.3) is 0 Å². The van der Waals surface area contributed by atoms with E-state index in [1.807, 2.05) is 30.3 Å². The van der Waals surface area contributed by atoms with Gasteiger partial charge in [0.05, 0.1) is 0 Å². The average Bonchev–Trinajstić information content (AvgIpc) is 1.69. The van der Waals surface area contributed by atoms with Crippen LogP contribution in [-0.2, 0) is 20.4 Å². The van der Waals surface area contributed by atoms with Gasteiger partial charge in [0.15, 0.2) is 0 Å². The molecular weight excluding hydrogens is 221 g/mol. The van der Waals surface area contributed by atoms with Crippen molar-refractivity contribution in [3.8, 4) is 0 Å². The van der Waals surface area contributed by atoms with Crippen molar-refractivity contribution in [1.82, 2.24) is 0 Å². The first-order valence-electron chi connectivity index (χ1n) is 2.20. The Morgan fingerprint density at radius 1 is 0.900 bits per heavy atom. The molecule has 0 spiro atoms. The summed E-state index contributed by atoms with van der Waals surface area (Å²) in [6, 6.07) is 9.49. The molecule has 1 aromatic rings. The minimum Gasteiger partial charge on any atom is -0.412 e. The van der Waals surface area contributed by atoms with E-state index >= 15 is 0 Å². The molecule has 0 bridgehead atoms. The fourth-order valence-electron chi connectivity index (χ4n) is 0.453. The van der Waals surface area contributed by atoms with Crippen molar-refractivity contribution >= 4 is 13.3 Å². The van der Waals surface area contributed by atoms with Crippen LogP contribution in [0.5, 0.6) is 0 Å². The Balaban J connectivity index is -0.000000163. The summed E-state index contributed by atoms with van der Waals surface area (Å²) in [6.45, 7) is 0. The Kier molecular flexibility index (Phi) is 14.6. The van der Waals surface area contributed by atoms with Crippen LogP contribution < -0.4 is 5.46 Å². The van der Waals surface area contributed by atoms with Gasteiger partial charge in [-0.1, -0.05) is 35.8 Å². The summed E-state index contributed by atoms with van der Waals surface area (Å²) >= 11 is 0. The summed E-state index contributed by atoms with van der Waals surface area (Å²) in [5.41, 5.74) is 0.822. The molecule has 0 saturated carbocycles. The molecule has 0 aliphatic heterocycles. The van der Waals surface area contributed by atoms with Gasteiger partial charge >= 0.3 is 0 Å². The fourth-order valence-corrected chi connectivity index (χ4v) is 0.453. The molecule has 0 fully saturated rings. The van der Waals surface area contributed by atoms with Crippen LogP contribution >= 0.6 is 0 Å². The molecule has 0 unspecified atom stereocenters. The van der Waals surface area contributed by atoms with E-state index in [2.05, 4.69) is 0 Å². The van der Waals surface area contributed by atoms with E-state index in [-0.39, 0.29) is 31.4 Å².